The Labute approximate surface area is 112 Å². The van der Waals surface area contributed by atoms with E-state index in [0.29, 0.717) is 10.0 Å². The molecule has 1 aromatic heterocycles. The summed E-state index contributed by atoms with van der Waals surface area (Å²) in [6.45, 7) is 8.68. The fourth-order valence-electron chi connectivity index (χ4n) is 2.25. The molecule has 1 fully saturated rings. The third-order valence-electron chi connectivity index (χ3n) is 3.21. The molecule has 100 valence electrons. The first-order chi connectivity index (χ1) is 8.61. The molecular weight excluding hydrogens is 248 g/mol. The number of nitrogens with zero attached hydrogens (tertiary/aromatic N) is 3. The van der Waals surface area contributed by atoms with Crippen molar-refractivity contribution in [2.45, 2.75) is 20.3 Å². The normalized spacial score (nSPS) is 17.1. The molecule has 0 aliphatic carbocycles. The molecule has 0 aromatic carbocycles. The number of thiazole rings is 1. The van der Waals surface area contributed by atoms with Gasteiger partial charge in [0, 0.05) is 26.2 Å². The number of hydrogen-bond donors (Lipinski definition) is 1. The molecule has 0 bridgehead atoms. The van der Waals surface area contributed by atoms with Crippen molar-refractivity contribution in [1.82, 2.24) is 14.8 Å². The minimum absolute atomic E-state index is 0.0813. The number of carbonyl (C=O) groups is 1. The first kappa shape index (κ1) is 13.3. The number of anilines is 1. The molecule has 2 heterocycles. The first-order valence-electron chi connectivity index (χ1n) is 6.36. The van der Waals surface area contributed by atoms with Crippen LogP contribution < -0.4 is 5.73 Å². The zero-order chi connectivity index (χ0) is 13.1. The highest BCUT2D eigenvalue weighted by Crippen LogP contribution is 2.22. The van der Waals surface area contributed by atoms with Crippen molar-refractivity contribution in [2.75, 3.05) is 38.5 Å². The van der Waals surface area contributed by atoms with Gasteiger partial charge in [0.15, 0.2) is 5.13 Å². The van der Waals surface area contributed by atoms with Gasteiger partial charge in [0.1, 0.15) is 4.88 Å². The summed E-state index contributed by atoms with van der Waals surface area (Å²) in [4.78, 5) is 21.4. The second-order valence-electron chi connectivity index (χ2n) is 4.60. The Morgan fingerprint density at radius 1 is 1.39 bits per heavy atom. The third-order valence-corrected chi connectivity index (χ3v) is 4.18. The van der Waals surface area contributed by atoms with Crippen molar-refractivity contribution >= 4 is 22.4 Å². The molecule has 0 saturated carbocycles. The number of nitrogen functional groups attached to an aromatic ring is 1. The molecule has 1 aliphatic rings. The van der Waals surface area contributed by atoms with Crippen LogP contribution in [0.4, 0.5) is 5.13 Å². The fraction of sp³-hybridized carbons (Fsp3) is 0.667. The van der Waals surface area contributed by atoms with Gasteiger partial charge in [0.2, 0.25) is 0 Å². The smallest absolute Gasteiger partial charge is 0.266 e. The second kappa shape index (κ2) is 5.67. The van der Waals surface area contributed by atoms with Crippen molar-refractivity contribution in [3.8, 4) is 0 Å². The van der Waals surface area contributed by atoms with Crippen molar-refractivity contribution in [1.29, 1.82) is 0 Å². The Morgan fingerprint density at radius 3 is 2.56 bits per heavy atom. The lowest BCUT2D eigenvalue weighted by atomic mass is 10.2. The van der Waals surface area contributed by atoms with E-state index in [2.05, 4.69) is 16.8 Å². The zero-order valence-electron chi connectivity index (χ0n) is 11.0. The van der Waals surface area contributed by atoms with Gasteiger partial charge in [-0.15, -0.1) is 0 Å². The summed E-state index contributed by atoms with van der Waals surface area (Å²) in [5.41, 5.74) is 6.39. The highest BCUT2D eigenvalue weighted by molar-refractivity contribution is 7.17. The average molecular weight is 268 g/mol. The number of carbonyl (C=O) groups excluding carboxylic acids is 1. The number of aryl methyl sites for hydroxylation is 1. The van der Waals surface area contributed by atoms with Gasteiger partial charge in [-0.25, -0.2) is 4.98 Å². The molecule has 1 aliphatic heterocycles. The standard InChI is InChI=1S/C12H20N4OS/c1-3-4-15-5-7-16(8-6-15)11(17)10-9(2)14-12(13)18-10/h3-8H2,1-2H3,(H2,13,14). The lowest BCUT2D eigenvalue weighted by Gasteiger charge is -2.34. The molecule has 1 amide bonds. The lowest BCUT2D eigenvalue weighted by molar-refractivity contribution is 0.0641. The number of aromatic nitrogens is 1. The molecule has 2 N–H and O–H groups in total. The first-order valence-corrected chi connectivity index (χ1v) is 7.18. The van der Waals surface area contributed by atoms with E-state index in [1.54, 1.807) is 0 Å². The fourth-order valence-corrected chi connectivity index (χ4v) is 3.05. The van der Waals surface area contributed by atoms with Crippen molar-refractivity contribution < 1.29 is 4.79 Å². The predicted octanol–water partition coefficient (Wildman–Crippen LogP) is 1.20. The Hall–Kier alpha value is -1.14. The maximum atomic E-state index is 12.3. The van der Waals surface area contributed by atoms with E-state index in [1.165, 1.54) is 17.8 Å². The molecule has 1 aromatic rings. The number of rotatable bonds is 3. The summed E-state index contributed by atoms with van der Waals surface area (Å²) in [5.74, 6) is 0.0813. The van der Waals surface area contributed by atoms with Gasteiger partial charge in [-0.3, -0.25) is 9.69 Å². The summed E-state index contributed by atoms with van der Waals surface area (Å²) < 4.78 is 0. The summed E-state index contributed by atoms with van der Waals surface area (Å²) in [5, 5.41) is 0.473. The Balaban J connectivity index is 1.97. The SMILES string of the molecule is CCCN1CCN(C(=O)c2sc(N)nc2C)CC1. The van der Waals surface area contributed by atoms with Gasteiger partial charge in [0.05, 0.1) is 5.69 Å². The van der Waals surface area contributed by atoms with E-state index >= 15 is 0 Å². The maximum absolute atomic E-state index is 12.3. The molecular formula is C12H20N4OS. The topological polar surface area (TPSA) is 62.5 Å². The van der Waals surface area contributed by atoms with Crippen LogP contribution in [-0.2, 0) is 0 Å². The van der Waals surface area contributed by atoms with Crippen LogP contribution in [0.2, 0.25) is 0 Å². The molecule has 18 heavy (non-hydrogen) atoms. The van der Waals surface area contributed by atoms with Crippen LogP contribution in [0.1, 0.15) is 28.7 Å². The van der Waals surface area contributed by atoms with Crippen LogP contribution in [0.15, 0.2) is 0 Å². The Morgan fingerprint density at radius 2 is 2.06 bits per heavy atom. The molecule has 5 nitrogen and oxygen atoms in total. The monoisotopic (exact) mass is 268 g/mol. The van der Waals surface area contributed by atoms with E-state index in [0.717, 1.165) is 38.4 Å². The molecule has 0 atom stereocenters. The van der Waals surface area contributed by atoms with Gasteiger partial charge in [-0.05, 0) is 19.9 Å². The highest BCUT2D eigenvalue weighted by Gasteiger charge is 2.24. The minimum atomic E-state index is 0.0813. The second-order valence-corrected chi connectivity index (χ2v) is 5.63. The molecule has 2 rings (SSSR count). The van der Waals surface area contributed by atoms with Crippen LogP contribution in [0, 0.1) is 6.92 Å². The maximum Gasteiger partial charge on any atom is 0.266 e. The number of nitrogens with two attached hydrogens (primary N) is 1. The Kier molecular flexibility index (Phi) is 4.19. The van der Waals surface area contributed by atoms with Gasteiger partial charge >= 0.3 is 0 Å². The van der Waals surface area contributed by atoms with E-state index < -0.39 is 0 Å². The van der Waals surface area contributed by atoms with Crippen LogP contribution in [-0.4, -0.2) is 53.4 Å². The predicted molar refractivity (Wildman–Crippen MR) is 73.9 cm³/mol. The quantitative estimate of drug-likeness (QED) is 0.895. The van der Waals surface area contributed by atoms with Crippen LogP contribution in [0.3, 0.4) is 0 Å². The molecule has 0 spiro atoms. The van der Waals surface area contributed by atoms with Crippen molar-refractivity contribution in [3.05, 3.63) is 10.6 Å². The molecule has 0 radical (unpaired) electrons. The summed E-state index contributed by atoms with van der Waals surface area (Å²) in [6.07, 6.45) is 1.17. The van der Waals surface area contributed by atoms with Gasteiger partial charge < -0.3 is 10.6 Å². The minimum Gasteiger partial charge on any atom is -0.375 e. The molecule has 0 unspecified atom stereocenters. The van der Waals surface area contributed by atoms with E-state index in [9.17, 15) is 4.79 Å². The van der Waals surface area contributed by atoms with Crippen molar-refractivity contribution in [2.24, 2.45) is 0 Å². The van der Waals surface area contributed by atoms with Crippen LogP contribution in [0.25, 0.3) is 0 Å². The summed E-state index contributed by atoms with van der Waals surface area (Å²) in [7, 11) is 0. The van der Waals surface area contributed by atoms with E-state index in [-0.39, 0.29) is 5.91 Å². The van der Waals surface area contributed by atoms with Crippen LogP contribution in [0.5, 0.6) is 0 Å². The molecule has 6 heteroatoms. The summed E-state index contributed by atoms with van der Waals surface area (Å²) >= 11 is 1.29. The lowest BCUT2D eigenvalue weighted by Crippen LogP contribution is -2.48. The van der Waals surface area contributed by atoms with E-state index in [1.807, 2.05) is 11.8 Å². The summed E-state index contributed by atoms with van der Waals surface area (Å²) in [6, 6.07) is 0. The average Bonchev–Trinajstić information content (AvgIpc) is 2.69. The van der Waals surface area contributed by atoms with Gasteiger partial charge in [0.25, 0.3) is 5.91 Å². The van der Waals surface area contributed by atoms with Crippen LogP contribution >= 0.6 is 11.3 Å². The van der Waals surface area contributed by atoms with Crippen molar-refractivity contribution in [3.63, 3.8) is 0 Å². The number of amides is 1. The van der Waals surface area contributed by atoms with E-state index in [4.69, 9.17) is 5.73 Å². The number of piperazine rings is 1. The zero-order valence-corrected chi connectivity index (χ0v) is 11.8. The highest BCUT2D eigenvalue weighted by atomic mass is 32.1. The van der Waals surface area contributed by atoms with Gasteiger partial charge in [-0.2, -0.15) is 0 Å². The largest absolute Gasteiger partial charge is 0.375 e. The van der Waals surface area contributed by atoms with Gasteiger partial charge in [-0.1, -0.05) is 18.3 Å². The molecule has 1 saturated heterocycles. The Bertz CT molecular complexity index is 424. The number of hydrogen-bond acceptors (Lipinski definition) is 5. The third kappa shape index (κ3) is 2.81.